The molecule has 80 valence electrons. The van der Waals surface area contributed by atoms with E-state index in [0.29, 0.717) is 0 Å². The van der Waals surface area contributed by atoms with Crippen molar-refractivity contribution in [1.82, 2.24) is 0 Å². The number of alkyl halides is 3. The molecule has 6 heteroatoms. The van der Waals surface area contributed by atoms with Crippen LogP contribution in [-0.4, -0.2) is 17.1 Å². The van der Waals surface area contributed by atoms with Crippen LogP contribution in [0.25, 0.3) is 0 Å². The van der Waals surface area contributed by atoms with E-state index in [1.54, 1.807) is 0 Å². The van der Waals surface area contributed by atoms with Gasteiger partial charge in [0.25, 0.3) is 0 Å². The first-order valence-electron chi connectivity index (χ1n) is 3.57. The Balaban J connectivity index is 0. The molecule has 0 fully saturated rings. The molecule has 0 heterocycles. The monoisotopic (exact) mass is 336 g/mol. The summed E-state index contributed by atoms with van der Waals surface area (Å²) < 4.78 is 35.2. The Hall–Kier alpha value is 0.377. The van der Waals surface area contributed by atoms with Gasteiger partial charge in [-0.3, -0.25) is 4.79 Å². The minimum Gasteiger partial charge on any atom is -0.504 e. The summed E-state index contributed by atoms with van der Waals surface area (Å²) in [7, 11) is 0. The second-order valence-corrected chi connectivity index (χ2v) is 3.64. The van der Waals surface area contributed by atoms with E-state index in [-0.39, 0.29) is 47.8 Å². The Bertz CT molecular complexity index is 238. The van der Waals surface area contributed by atoms with Gasteiger partial charge in [0.2, 0.25) is 5.76 Å². The molecule has 0 atom stereocenters. The van der Waals surface area contributed by atoms with Crippen LogP contribution in [0.4, 0.5) is 13.2 Å². The summed E-state index contributed by atoms with van der Waals surface area (Å²) in [6, 6.07) is 0. The average molecular weight is 336 g/mol. The van der Waals surface area contributed by atoms with Gasteiger partial charge in [0.05, 0.1) is 0 Å². The second kappa shape index (κ2) is 5.46. The molecule has 0 bridgehead atoms. The summed E-state index contributed by atoms with van der Waals surface area (Å²) in [5.74, 6) is -2.62. The zero-order chi connectivity index (χ0) is 10.9. The van der Waals surface area contributed by atoms with Crippen molar-refractivity contribution in [2.75, 3.05) is 0 Å². The van der Waals surface area contributed by atoms with Gasteiger partial charge in [0.1, 0.15) is 0 Å². The van der Waals surface area contributed by atoms with Gasteiger partial charge in [0, 0.05) is 53.2 Å². The summed E-state index contributed by atoms with van der Waals surface area (Å²) in [5, 5.41) is 8.43. The number of hydrogen-bond donors (Lipinski definition) is 1. The van der Waals surface area contributed by atoms with E-state index in [9.17, 15) is 18.0 Å². The first-order valence-corrected chi connectivity index (χ1v) is 3.57. The van der Waals surface area contributed by atoms with Crippen LogP contribution in [0.2, 0.25) is 0 Å². The van der Waals surface area contributed by atoms with E-state index in [2.05, 4.69) is 0 Å². The van der Waals surface area contributed by atoms with Gasteiger partial charge < -0.3 is 5.11 Å². The molecule has 0 aromatic rings. The molecule has 1 N–H and O–H groups in total. The third-order valence-electron chi connectivity index (χ3n) is 1.30. The fraction of sp³-hybridized carbons (Fsp3) is 0.625. The number of carbonyl (C=O) groups is 1. The molecule has 0 aliphatic heterocycles. The molecule has 0 aromatic carbocycles. The molecule has 0 spiro atoms. The largest absolute Gasteiger partial charge is 0.504 e. The summed E-state index contributed by atoms with van der Waals surface area (Å²) in [5.41, 5.74) is -0.917. The topological polar surface area (TPSA) is 37.3 Å². The summed E-state index contributed by atoms with van der Waals surface area (Å²) in [4.78, 5) is 11.0. The van der Waals surface area contributed by atoms with Gasteiger partial charge in [-0.05, 0) is 0 Å². The van der Waals surface area contributed by atoms with Crippen LogP contribution in [0.5, 0.6) is 0 Å². The Morgan fingerprint density at radius 2 is 1.57 bits per heavy atom. The van der Waals surface area contributed by atoms with Gasteiger partial charge in [-0.2, -0.15) is 13.2 Å². The standard InChI is InChI=1S/C8H11F3O2.Ce/c1-7(2,3)5(12)4-6(13)8(9,10)11;/h4,13H,1-3H3;/b6-4-;. The smallest absolute Gasteiger partial charge is 0.448 e. The molecule has 2 nitrogen and oxygen atoms in total. The van der Waals surface area contributed by atoms with Crippen LogP contribution in [0, 0.1) is 47.2 Å². The van der Waals surface area contributed by atoms with Crippen LogP contribution in [0.3, 0.4) is 0 Å². The van der Waals surface area contributed by atoms with Crippen LogP contribution in [0.1, 0.15) is 20.8 Å². The van der Waals surface area contributed by atoms with Gasteiger partial charge in [-0.15, -0.1) is 0 Å². The van der Waals surface area contributed by atoms with Crippen molar-refractivity contribution >= 4 is 5.78 Å². The zero-order valence-electron chi connectivity index (χ0n) is 8.07. The van der Waals surface area contributed by atoms with Gasteiger partial charge in [-0.1, -0.05) is 20.8 Å². The van der Waals surface area contributed by atoms with Crippen molar-refractivity contribution in [2.24, 2.45) is 5.41 Å². The number of aliphatic hydroxyl groups excluding tert-OH is 1. The number of hydrogen-bond acceptors (Lipinski definition) is 2. The Kier molecular flexibility index (Phi) is 6.55. The molecule has 0 amide bonds. The number of allylic oxidation sites excluding steroid dienone is 2. The van der Waals surface area contributed by atoms with Crippen LogP contribution >= 0.6 is 0 Å². The Morgan fingerprint density at radius 3 is 1.79 bits per heavy atom. The molecule has 0 aliphatic rings. The van der Waals surface area contributed by atoms with Crippen molar-refractivity contribution in [3.63, 3.8) is 0 Å². The van der Waals surface area contributed by atoms with Crippen LogP contribution < -0.4 is 0 Å². The van der Waals surface area contributed by atoms with Crippen molar-refractivity contribution in [3.05, 3.63) is 11.8 Å². The van der Waals surface area contributed by atoms with Gasteiger partial charge in [-0.25, -0.2) is 0 Å². The quantitative estimate of drug-likeness (QED) is 0.590. The van der Waals surface area contributed by atoms with Crippen molar-refractivity contribution < 1.29 is 64.8 Å². The minimum atomic E-state index is -4.85. The maximum absolute atomic E-state index is 11.7. The van der Waals surface area contributed by atoms with Crippen molar-refractivity contribution in [3.8, 4) is 0 Å². The van der Waals surface area contributed by atoms with Gasteiger partial charge >= 0.3 is 6.18 Å². The van der Waals surface area contributed by atoms with Gasteiger partial charge in [0.15, 0.2) is 5.78 Å². The zero-order valence-corrected chi connectivity index (χ0v) is 11.2. The third kappa shape index (κ3) is 5.97. The maximum atomic E-state index is 11.7. The van der Waals surface area contributed by atoms with Crippen LogP contribution in [0.15, 0.2) is 11.8 Å². The van der Waals surface area contributed by atoms with E-state index >= 15 is 0 Å². The molecule has 0 rings (SSSR count). The molecule has 0 saturated carbocycles. The van der Waals surface area contributed by atoms with Crippen molar-refractivity contribution in [1.29, 1.82) is 0 Å². The molecular formula is C8H11CeF3O2. The summed E-state index contributed by atoms with van der Waals surface area (Å²) in [6.07, 6.45) is -4.64. The molecule has 0 aliphatic carbocycles. The molecule has 0 saturated heterocycles. The number of aliphatic hydroxyl groups is 1. The van der Waals surface area contributed by atoms with E-state index in [1.165, 1.54) is 20.8 Å². The van der Waals surface area contributed by atoms with E-state index in [0.717, 1.165) is 0 Å². The number of ketones is 1. The van der Waals surface area contributed by atoms with E-state index < -0.39 is 23.1 Å². The predicted molar refractivity (Wildman–Crippen MR) is 41.2 cm³/mol. The Labute approximate surface area is 114 Å². The molecular weight excluding hydrogens is 325 g/mol. The van der Waals surface area contributed by atoms with E-state index in [4.69, 9.17) is 5.11 Å². The predicted octanol–water partition coefficient (Wildman–Crippen LogP) is 2.61. The third-order valence-corrected chi connectivity index (χ3v) is 1.30. The van der Waals surface area contributed by atoms with Crippen LogP contribution in [-0.2, 0) is 4.79 Å². The summed E-state index contributed by atoms with van der Waals surface area (Å²) in [6.45, 7) is 4.40. The molecule has 14 heavy (non-hydrogen) atoms. The fourth-order valence-electron chi connectivity index (χ4n) is 0.423. The summed E-state index contributed by atoms with van der Waals surface area (Å²) >= 11 is 0. The normalized spacial score (nSPS) is 13.4. The Morgan fingerprint density at radius 1 is 1.21 bits per heavy atom. The maximum Gasteiger partial charge on any atom is 0.448 e. The first-order chi connectivity index (χ1) is 5.55. The molecule has 0 radical (unpaired) electrons. The fourth-order valence-corrected chi connectivity index (χ4v) is 0.423. The van der Waals surface area contributed by atoms with E-state index in [1.807, 2.05) is 0 Å². The average Bonchev–Trinajstić information content (AvgIpc) is 1.82. The first kappa shape index (κ1) is 16.8. The number of rotatable bonds is 1. The molecule has 0 aromatic heterocycles. The number of carbonyl (C=O) groups excluding carboxylic acids is 1. The van der Waals surface area contributed by atoms with Crippen molar-refractivity contribution in [2.45, 2.75) is 26.9 Å². The molecule has 0 unspecified atom stereocenters. The SMILES string of the molecule is CC(C)(C)C(=O)/C=C(\O)C(F)(F)F.[Ce]. The second-order valence-electron chi connectivity index (χ2n) is 3.64. The number of halogens is 3. The minimum absolute atomic E-state index is 0.